The molecule has 140 valence electrons. The predicted molar refractivity (Wildman–Crippen MR) is 111 cm³/mol. The van der Waals surface area contributed by atoms with Crippen LogP contribution >= 0.6 is 33.9 Å². The van der Waals surface area contributed by atoms with Crippen LogP contribution in [0.3, 0.4) is 0 Å². The van der Waals surface area contributed by atoms with Gasteiger partial charge in [-0.05, 0) is 40.1 Å². The van der Waals surface area contributed by atoms with Gasteiger partial charge in [0.15, 0.2) is 0 Å². The largest absolute Gasteiger partial charge is 0.493 e. The van der Waals surface area contributed by atoms with E-state index in [9.17, 15) is 9.90 Å². The van der Waals surface area contributed by atoms with Gasteiger partial charge in [-0.15, -0.1) is 11.3 Å². The Labute approximate surface area is 173 Å². The van der Waals surface area contributed by atoms with Crippen LogP contribution in [0.5, 0.6) is 11.6 Å². The highest BCUT2D eigenvalue weighted by Crippen LogP contribution is 2.37. The Kier molecular flexibility index (Phi) is 5.18. The van der Waals surface area contributed by atoms with E-state index in [1.54, 1.807) is 11.3 Å². The van der Waals surface area contributed by atoms with E-state index in [0.29, 0.717) is 12.5 Å². The minimum absolute atomic E-state index is 0.214. The first kappa shape index (κ1) is 18.4. The maximum atomic E-state index is 11.9. The summed E-state index contributed by atoms with van der Waals surface area (Å²) in [6, 6.07) is 5.83. The number of carbonyl (C=O) groups is 1. The normalized spacial score (nSPS) is 14.0. The highest BCUT2D eigenvalue weighted by molar-refractivity contribution is 14.1. The predicted octanol–water partition coefficient (Wildman–Crippen LogP) is 3.87. The van der Waals surface area contributed by atoms with Crippen LogP contribution in [0.1, 0.15) is 22.9 Å². The number of aryl methyl sites for hydroxylation is 1. The van der Waals surface area contributed by atoms with E-state index in [1.165, 1.54) is 11.2 Å². The van der Waals surface area contributed by atoms with Crippen LogP contribution in [0.15, 0.2) is 24.5 Å². The number of ether oxygens (including phenoxy) is 2. The third kappa shape index (κ3) is 3.47. The Bertz CT molecular complexity index is 1020. The van der Waals surface area contributed by atoms with Crippen LogP contribution in [-0.4, -0.2) is 33.8 Å². The van der Waals surface area contributed by atoms with Gasteiger partial charge >= 0.3 is 5.97 Å². The van der Waals surface area contributed by atoms with Gasteiger partial charge in [0.25, 0.3) is 0 Å². The number of aromatic nitrogens is 2. The van der Waals surface area contributed by atoms with Crippen LogP contribution in [0.25, 0.3) is 10.2 Å². The molecule has 8 heteroatoms. The summed E-state index contributed by atoms with van der Waals surface area (Å²) in [5.41, 5.74) is 1.96. The molecule has 0 spiro atoms. The standard InChI is InChI=1S/C19H17IN2O4S/c1-2-13-15(20)14-17(21-9-22-18(14)27-13)26-12(19(23)24)8-11-5-3-4-10-6-7-25-16(10)11/h3-5,9,12H,2,6-8H2,1H3,(H,23,24). The van der Waals surface area contributed by atoms with Gasteiger partial charge in [0.2, 0.25) is 12.0 Å². The number of carboxylic acid groups (broad SMARTS) is 1. The fourth-order valence-electron chi connectivity index (χ4n) is 3.20. The van der Waals surface area contributed by atoms with Crippen molar-refractivity contribution < 1.29 is 19.4 Å². The molecule has 0 aliphatic carbocycles. The van der Waals surface area contributed by atoms with Gasteiger partial charge in [0.05, 0.1) is 12.0 Å². The van der Waals surface area contributed by atoms with Gasteiger partial charge in [-0.2, -0.15) is 0 Å². The van der Waals surface area contributed by atoms with E-state index in [-0.39, 0.29) is 6.42 Å². The molecule has 0 radical (unpaired) electrons. The number of halogens is 1. The number of nitrogens with zero attached hydrogens (tertiary/aromatic N) is 2. The second-order valence-corrected chi connectivity index (χ2v) is 8.37. The third-order valence-corrected chi connectivity index (χ3v) is 7.31. The number of rotatable bonds is 6. The van der Waals surface area contributed by atoms with Crippen molar-refractivity contribution in [3.8, 4) is 11.6 Å². The highest BCUT2D eigenvalue weighted by Gasteiger charge is 2.27. The Balaban J connectivity index is 1.67. The first-order chi connectivity index (χ1) is 13.1. The zero-order valence-electron chi connectivity index (χ0n) is 14.6. The molecular formula is C19H17IN2O4S. The van der Waals surface area contributed by atoms with Crippen LogP contribution < -0.4 is 9.47 Å². The lowest BCUT2D eigenvalue weighted by atomic mass is 10.0. The van der Waals surface area contributed by atoms with Crippen molar-refractivity contribution >= 4 is 50.1 Å². The topological polar surface area (TPSA) is 81.5 Å². The summed E-state index contributed by atoms with van der Waals surface area (Å²) in [5.74, 6) is 0.0816. The van der Waals surface area contributed by atoms with Crippen LogP contribution in [0, 0.1) is 3.57 Å². The molecule has 2 aromatic heterocycles. The lowest BCUT2D eigenvalue weighted by Crippen LogP contribution is -2.30. The molecular weight excluding hydrogens is 479 g/mol. The molecule has 27 heavy (non-hydrogen) atoms. The zero-order valence-corrected chi connectivity index (χ0v) is 17.5. The Morgan fingerprint density at radius 2 is 2.30 bits per heavy atom. The molecule has 0 bridgehead atoms. The number of para-hydroxylation sites is 1. The SMILES string of the molecule is CCc1sc2ncnc(OC(Cc3cccc4c3OCC4)C(=O)O)c2c1I. The van der Waals surface area contributed by atoms with Crippen LogP contribution in [0.4, 0.5) is 0 Å². The van der Waals surface area contributed by atoms with Crippen molar-refractivity contribution in [1.82, 2.24) is 9.97 Å². The lowest BCUT2D eigenvalue weighted by Gasteiger charge is -2.16. The van der Waals surface area contributed by atoms with Gasteiger partial charge in [-0.25, -0.2) is 14.8 Å². The van der Waals surface area contributed by atoms with Crippen molar-refractivity contribution in [2.24, 2.45) is 0 Å². The number of fused-ring (bicyclic) bond motifs is 2. The maximum Gasteiger partial charge on any atom is 0.345 e. The number of aliphatic carboxylic acids is 1. The van der Waals surface area contributed by atoms with Crippen molar-refractivity contribution in [2.75, 3.05) is 6.61 Å². The summed E-state index contributed by atoms with van der Waals surface area (Å²) in [6.45, 7) is 2.71. The molecule has 0 fully saturated rings. The molecule has 0 saturated carbocycles. The average molecular weight is 496 g/mol. The Morgan fingerprint density at radius 1 is 1.44 bits per heavy atom. The molecule has 4 rings (SSSR count). The molecule has 1 aliphatic heterocycles. The number of thiophene rings is 1. The first-order valence-corrected chi connectivity index (χ1v) is 10.5. The fourth-order valence-corrected chi connectivity index (χ4v) is 5.54. The van der Waals surface area contributed by atoms with Crippen molar-refractivity contribution in [3.63, 3.8) is 0 Å². The fraction of sp³-hybridized carbons (Fsp3) is 0.316. The summed E-state index contributed by atoms with van der Waals surface area (Å²) in [5, 5.41) is 10.5. The van der Waals surface area contributed by atoms with Crippen molar-refractivity contribution in [1.29, 1.82) is 0 Å². The minimum Gasteiger partial charge on any atom is -0.493 e. The molecule has 3 heterocycles. The summed E-state index contributed by atoms with van der Waals surface area (Å²) in [4.78, 5) is 22.4. The molecule has 1 atom stereocenters. The van der Waals surface area contributed by atoms with Gasteiger partial charge in [-0.1, -0.05) is 25.1 Å². The van der Waals surface area contributed by atoms with Crippen LogP contribution in [0.2, 0.25) is 0 Å². The molecule has 1 N–H and O–H groups in total. The summed E-state index contributed by atoms with van der Waals surface area (Å²) in [7, 11) is 0. The smallest absolute Gasteiger partial charge is 0.345 e. The molecule has 0 amide bonds. The van der Waals surface area contributed by atoms with Gasteiger partial charge in [0.1, 0.15) is 16.9 Å². The average Bonchev–Trinajstić information content (AvgIpc) is 3.26. The molecule has 1 aliphatic rings. The van der Waals surface area contributed by atoms with E-state index >= 15 is 0 Å². The maximum absolute atomic E-state index is 11.9. The molecule has 1 aromatic carbocycles. The summed E-state index contributed by atoms with van der Waals surface area (Å²) in [6.07, 6.45) is 2.31. The minimum atomic E-state index is -1.06. The van der Waals surface area contributed by atoms with E-state index in [2.05, 4.69) is 39.5 Å². The number of hydrogen-bond acceptors (Lipinski definition) is 6. The van der Waals surface area contributed by atoms with Crippen molar-refractivity contribution in [2.45, 2.75) is 32.3 Å². The summed E-state index contributed by atoms with van der Waals surface area (Å²) >= 11 is 3.84. The third-order valence-electron chi connectivity index (χ3n) is 4.51. The van der Waals surface area contributed by atoms with Crippen LogP contribution in [-0.2, 0) is 24.1 Å². The highest BCUT2D eigenvalue weighted by atomic mass is 127. The molecule has 6 nitrogen and oxygen atoms in total. The van der Waals surface area contributed by atoms with E-state index < -0.39 is 12.1 Å². The summed E-state index contributed by atoms with van der Waals surface area (Å²) < 4.78 is 12.6. The second kappa shape index (κ2) is 7.59. The number of benzene rings is 1. The zero-order chi connectivity index (χ0) is 19.0. The second-order valence-electron chi connectivity index (χ2n) is 6.20. The quantitative estimate of drug-likeness (QED) is 0.522. The first-order valence-electron chi connectivity index (χ1n) is 8.63. The van der Waals surface area contributed by atoms with Crippen molar-refractivity contribution in [3.05, 3.63) is 44.1 Å². The lowest BCUT2D eigenvalue weighted by molar-refractivity contribution is -0.145. The number of hydrogen-bond donors (Lipinski definition) is 1. The van der Waals surface area contributed by atoms with Gasteiger partial charge in [-0.3, -0.25) is 0 Å². The van der Waals surface area contributed by atoms with Gasteiger partial charge in [0, 0.05) is 21.3 Å². The molecule has 1 unspecified atom stereocenters. The number of carboxylic acids is 1. The molecule has 0 saturated heterocycles. The molecule has 3 aromatic rings. The van der Waals surface area contributed by atoms with E-state index in [1.807, 2.05) is 18.2 Å². The Morgan fingerprint density at radius 3 is 3.07 bits per heavy atom. The van der Waals surface area contributed by atoms with E-state index in [4.69, 9.17) is 9.47 Å². The monoisotopic (exact) mass is 496 g/mol. The van der Waals surface area contributed by atoms with E-state index in [0.717, 1.165) is 43.5 Å². The Hall–Kier alpha value is -1.94. The van der Waals surface area contributed by atoms with Gasteiger partial charge < -0.3 is 14.6 Å².